The van der Waals surface area contributed by atoms with E-state index in [0.717, 1.165) is 0 Å². The minimum atomic E-state index is -3.48. The summed E-state index contributed by atoms with van der Waals surface area (Å²) < 4.78 is 41.2. The molecule has 0 aliphatic carbocycles. The van der Waals surface area contributed by atoms with Gasteiger partial charge in [-0.3, -0.25) is 4.79 Å². The Balaban J connectivity index is 2.07. The van der Waals surface area contributed by atoms with Gasteiger partial charge < -0.3 is 4.90 Å². The lowest BCUT2D eigenvalue weighted by atomic mass is 10.1. The Labute approximate surface area is 143 Å². The first-order valence-electron chi connectivity index (χ1n) is 8.11. The van der Waals surface area contributed by atoms with E-state index in [1.54, 1.807) is 31.7 Å². The second-order valence-corrected chi connectivity index (χ2v) is 7.67. The van der Waals surface area contributed by atoms with Crippen LogP contribution in [0.2, 0.25) is 0 Å². The Bertz CT molecular complexity index is 697. The molecule has 1 fully saturated rings. The highest BCUT2D eigenvalue weighted by atomic mass is 32.2. The lowest BCUT2D eigenvalue weighted by Gasteiger charge is -2.36. The molecule has 1 saturated heterocycles. The number of nitrogens with zero attached hydrogens (tertiary/aromatic N) is 3. The topological polar surface area (TPSA) is 60.9 Å². The van der Waals surface area contributed by atoms with Crippen molar-refractivity contribution in [3.8, 4) is 0 Å². The summed E-state index contributed by atoms with van der Waals surface area (Å²) in [5, 5.41) is 0. The van der Waals surface area contributed by atoms with Crippen LogP contribution in [0.15, 0.2) is 18.2 Å². The van der Waals surface area contributed by atoms with Crippen molar-refractivity contribution < 1.29 is 17.6 Å². The molecule has 0 radical (unpaired) electrons. The molecular formula is C16H24FN3O3S. The summed E-state index contributed by atoms with van der Waals surface area (Å²) in [4.78, 5) is 14.1. The fraction of sp³-hybridized carbons (Fsp3) is 0.562. The largest absolute Gasteiger partial charge is 0.336 e. The molecule has 1 aromatic carbocycles. The predicted molar refractivity (Wildman–Crippen MR) is 90.5 cm³/mol. The van der Waals surface area contributed by atoms with Gasteiger partial charge in [0, 0.05) is 44.8 Å². The van der Waals surface area contributed by atoms with Crippen LogP contribution in [0.5, 0.6) is 0 Å². The summed E-state index contributed by atoms with van der Waals surface area (Å²) in [6, 6.07) is 4.13. The number of benzene rings is 1. The van der Waals surface area contributed by atoms with Crippen molar-refractivity contribution in [2.24, 2.45) is 0 Å². The van der Waals surface area contributed by atoms with E-state index in [1.807, 2.05) is 0 Å². The minimum Gasteiger partial charge on any atom is -0.336 e. The Morgan fingerprint density at radius 2 is 1.75 bits per heavy atom. The number of carbonyl (C=O) groups is 1. The van der Waals surface area contributed by atoms with Crippen molar-refractivity contribution in [1.82, 2.24) is 13.5 Å². The van der Waals surface area contributed by atoms with E-state index in [9.17, 15) is 17.6 Å². The molecule has 1 amide bonds. The van der Waals surface area contributed by atoms with Crippen LogP contribution in [0.1, 0.15) is 29.8 Å². The van der Waals surface area contributed by atoms with Crippen LogP contribution < -0.4 is 0 Å². The zero-order valence-corrected chi connectivity index (χ0v) is 15.1. The highest BCUT2D eigenvalue weighted by molar-refractivity contribution is 7.86. The number of hydrogen-bond acceptors (Lipinski definition) is 3. The fourth-order valence-electron chi connectivity index (χ4n) is 2.83. The zero-order valence-electron chi connectivity index (χ0n) is 14.3. The van der Waals surface area contributed by atoms with Gasteiger partial charge in [0.05, 0.1) is 0 Å². The van der Waals surface area contributed by atoms with Gasteiger partial charge in [0.1, 0.15) is 5.82 Å². The first-order valence-corrected chi connectivity index (χ1v) is 9.51. The van der Waals surface area contributed by atoms with E-state index < -0.39 is 16.0 Å². The molecule has 0 bridgehead atoms. The third kappa shape index (κ3) is 3.76. The number of hydrogen-bond donors (Lipinski definition) is 0. The van der Waals surface area contributed by atoms with E-state index in [-0.39, 0.29) is 19.0 Å². The molecule has 1 aliphatic heterocycles. The molecule has 8 heteroatoms. The van der Waals surface area contributed by atoms with Crippen LogP contribution in [0.4, 0.5) is 4.39 Å². The number of piperazine rings is 1. The average Bonchev–Trinajstić information content (AvgIpc) is 2.57. The highest BCUT2D eigenvalue weighted by Crippen LogP contribution is 2.17. The van der Waals surface area contributed by atoms with Gasteiger partial charge in [-0.2, -0.15) is 17.0 Å². The maximum Gasteiger partial charge on any atom is 0.282 e. The van der Waals surface area contributed by atoms with Crippen molar-refractivity contribution in [2.75, 3.05) is 39.3 Å². The smallest absolute Gasteiger partial charge is 0.282 e. The summed E-state index contributed by atoms with van der Waals surface area (Å²) in [5.41, 5.74) is 1.04. The second kappa shape index (κ2) is 7.58. The monoisotopic (exact) mass is 357 g/mol. The number of rotatable bonds is 5. The Morgan fingerprint density at radius 1 is 1.17 bits per heavy atom. The molecule has 0 N–H and O–H groups in total. The first kappa shape index (κ1) is 18.8. The summed E-state index contributed by atoms with van der Waals surface area (Å²) >= 11 is 0. The number of halogens is 1. The van der Waals surface area contributed by atoms with Crippen LogP contribution >= 0.6 is 0 Å². The third-order valence-corrected chi connectivity index (χ3v) is 6.50. The van der Waals surface area contributed by atoms with Crippen molar-refractivity contribution in [2.45, 2.75) is 20.8 Å². The van der Waals surface area contributed by atoms with Crippen LogP contribution in [-0.2, 0) is 10.2 Å². The van der Waals surface area contributed by atoms with Crippen molar-refractivity contribution in [1.29, 1.82) is 0 Å². The molecule has 134 valence electrons. The standard InChI is InChI=1S/C16H24FN3O3S/c1-4-19(5-2)24(22,23)20-10-8-18(9-11-20)16(21)15-12-14(17)7-6-13(15)3/h6-7,12H,4-5,8-11H2,1-3H3. The van der Waals surface area contributed by atoms with Gasteiger partial charge in [-0.05, 0) is 24.6 Å². The predicted octanol–water partition coefficient (Wildman–Crippen LogP) is 1.48. The SMILES string of the molecule is CCN(CC)S(=O)(=O)N1CCN(C(=O)c2cc(F)ccc2C)CC1. The molecule has 0 spiro atoms. The van der Waals surface area contributed by atoms with Crippen molar-refractivity contribution in [3.63, 3.8) is 0 Å². The molecule has 0 atom stereocenters. The Kier molecular flexibility index (Phi) is 5.95. The quantitative estimate of drug-likeness (QED) is 0.802. The average molecular weight is 357 g/mol. The van der Waals surface area contributed by atoms with Crippen molar-refractivity contribution >= 4 is 16.1 Å². The summed E-state index contributed by atoms with van der Waals surface area (Å²) in [7, 11) is -3.48. The molecule has 24 heavy (non-hydrogen) atoms. The molecule has 1 aromatic rings. The van der Waals surface area contributed by atoms with E-state index >= 15 is 0 Å². The fourth-order valence-corrected chi connectivity index (χ4v) is 4.43. The lowest BCUT2D eigenvalue weighted by molar-refractivity contribution is 0.0693. The number of carbonyl (C=O) groups excluding carboxylic acids is 1. The molecule has 0 unspecified atom stereocenters. The van der Waals surface area contributed by atoms with Crippen LogP contribution in [0.3, 0.4) is 0 Å². The Hall–Kier alpha value is -1.51. The van der Waals surface area contributed by atoms with Gasteiger partial charge >= 0.3 is 0 Å². The van der Waals surface area contributed by atoms with Crippen LogP contribution in [-0.4, -0.2) is 67.1 Å². The molecule has 1 aliphatic rings. The van der Waals surface area contributed by atoms with Gasteiger partial charge in [-0.1, -0.05) is 19.9 Å². The summed E-state index contributed by atoms with van der Waals surface area (Å²) in [5.74, 6) is -0.710. The first-order chi connectivity index (χ1) is 11.3. The van der Waals surface area contributed by atoms with Gasteiger partial charge in [0.2, 0.25) is 0 Å². The minimum absolute atomic E-state index is 0.249. The molecule has 1 heterocycles. The molecular weight excluding hydrogens is 333 g/mol. The van der Waals surface area contributed by atoms with E-state index in [2.05, 4.69) is 0 Å². The highest BCUT2D eigenvalue weighted by Gasteiger charge is 2.32. The maximum atomic E-state index is 13.4. The second-order valence-electron chi connectivity index (χ2n) is 5.74. The van der Waals surface area contributed by atoms with Crippen LogP contribution in [0.25, 0.3) is 0 Å². The molecule has 0 saturated carbocycles. The van der Waals surface area contributed by atoms with Gasteiger partial charge in [-0.15, -0.1) is 0 Å². The lowest BCUT2D eigenvalue weighted by Crippen LogP contribution is -2.54. The van der Waals surface area contributed by atoms with Crippen LogP contribution in [0, 0.1) is 12.7 Å². The molecule has 2 rings (SSSR count). The van der Waals surface area contributed by atoms with E-state index in [0.29, 0.717) is 37.3 Å². The van der Waals surface area contributed by atoms with Crippen molar-refractivity contribution in [3.05, 3.63) is 35.1 Å². The van der Waals surface area contributed by atoms with Gasteiger partial charge in [0.25, 0.3) is 16.1 Å². The zero-order chi connectivity index (χ0) is 17.9. The third-order valence-electron chi connectivity index (χ3n) is 4.31. The normalized spacial score (nSPS) is 16.6. The maximum absolute atomic E-state index is 13.4. The van der Waals surface area contributed by atoms with Gasteiger partial charge in [0.15, 0.2) is 0 Å². The molecule has 6 nitrogen and oxygen atoms in total. The van der Waals surface area contributed by atoms with Gasteiger partial charge in [-0.25, -0.2) is 4.39 Å². The number of amides is 1. The Morgan fingerprint density at radius 3 is 2.29 bits per heavy atom. The summed E-state index contributed by atoms with van der Waals surface area (Å²) in [6.07, 6.45) is 0. The number of aryl methyl sites for hydroxylation is 1. The molecule has 0 aromatic heterocycles. The van der Waals surface area contributed by atoms with E-state index in [1.165, 1.54) is 20.7 Å². The summed E-state index contributed by atoms with van der Waals surface area (Å²) in [6.45, 7) is 7.29. The van der Waals surface area contributed by atoms with E-state index in [4.69, 9.17) is 0 Å².